The fourth-order valence-electron chi connectivity index (χ4n) is 2.30. The zero-order valence-corrected chi connectivity index (χ0v) is 12.7. The van der Waals surface area contributed by atoms with Gasteiger partial charge in [-0.15, -0.1) is 0 Å². The van der Waals surface area contributed by atoms with E-state index in [4.69, 9.17) is 15.1 Å². The predicted molar refractivity (Wildman–Crippen MR) is 87.6 cm³/mol. The van der Waals surface area contributed by atoms with Crippen LogP contribution >= 0.6 is 0 Å². The highest BCUT2D eigenvalue weighted by atomic mass is 16.5. The molecule has 0 aliphatic carbocycles. The first kappa shape index (κ1) is 16.1. The number of para-hydroxylation sites is 1. The van der Waals surface area contributed by atoms with Crippen molar-refractivity contribution in [2.24, 2.45) is 0 Å². The van der Waals surface area contributed by atoms with Gasteiger partial charge in [0.2, 0.25) is 0 Å². The summed E-state index contributed by atoms with van der Waals surface area (Å²) in [5, 5.41) is 17.6. The lowest BCUT2D eigenvalue weighted by Crippen LogP contribution is -1.99. The molecule has 0 aliphatic rings. The van der Waals surface area contributed by atoms with E-state index in [1.807, 2.05) is 48.5 Å². The van der Waals surface area contributed by atoms with Crippen molar-refractivity contribution in [2.45, 2.75) is 25.7 Å². The van der Waals surface area contributed by atoms with Gasteiger partial charge < -0.3 is 9.84 Å². The minimum atomic E-state index is 0.266. The number of hydrogen-bond acceptors (Lipinski definition) is 3. The van der Waals surface area contributed by atoms with Crippen LogP contribution in [0.1, 0.15) is 31.2 Å². The van der Waals surface area contributed by atoms with Crippen LogP contribution in [0.2, 0.25) is 0 Å². The lowest BCUT2D eigenvalue weighted by Gasteiger charge is -2.11. The van der Waals surface area contributed by atoms with Gasteiger partial charge in [0, 0.05) is 12.2 Å². The van der Waals surface area contributed by atoms with Gasteiger partial charge in [-0.2, -0.15) is 5.26 Å². The Balaban J connectivity index is 1.99. The lowest BCUT2D eigenvalue weighted by molar-refractivity contribution is 0.273. The van der Waals surface area contributed by atoms with Crippen LogP contribution < -0.4 is 4.74 Å². The van der Waals surface area contributed by atoms with Crippen LogP contribution in [-0.4, -0.2) is 18.3 Å². The summed E-state index contributed by atoms with van der Waals surface area (Å²) in [4.78, 5) is 0. The molecular weight excluding hydrogens is 274 g/mol. The third-order valence-electron chi connectivity index (χ3n) is 3.52. The van der Waals surface area contributed by atoms with Crippen molar-refractivity contribution in [1.29, 1.82) is 5.26 Å². The van der Waals surface area contributed by atoms with E-state index in [9.17, 15) is 0 Å². The Morgan fingerprint density at radius 2 is 1.64 bits per heavy atom. The Labute approximate surface area is 131 Å². The van der Waals surface area contributed by atoms with Crippen LogP contribution in [0.5, 0.6) is 5.75 Å². The molecule has 3 heteroatoms. The van der Waals surface area contributed by atoms with Crippen molar-refractivity contribution in [3.8, 4) is 22.9 Å². The second-order valence-corrected chi connectivity index (χ2v) is 5.17. The average molecular weight is 295 g/mol. The van der Waals surface area contributed by atoms with Crippen LogP contribution in [0.15, 0.2) is 48.5 Å². The number of unbranched alkanes of at least 4 members (excludes halogenated alkanes) is 3. The molecule has 0 atom stereocenters. The highest BCUT2D eigenvalue weighted by molar-refractivity contribution is 5.70. The molecule has 2 aromatic carbocycles. The molecule has 0 amide bonds. The Kier molecular flexibility index (Phi) is 6.47. The van der Waals surface area contributed by atoms with Crippen LogP contribution in [-0.2, 0) is 0 Å². The topological polar surface area (TPSA) is 53.2 Å². The van der Waals surface area contributed by atoms with Gasteiger partial charge in [0.25, 0.3) is 0 Å². The first-order valence-corrected chi connectivity index (χ1v) is 7.68. The number of ether oxygens (including phenoxy) is 1. The minimum absolute atomic E-state index is 0.266. The Bertz CT molecular complexity index is 614. The SMILES string of the molecule is N#Cc1ccc(-c2ccccc2OCCCCCCO)cc1. The molecule has 0 radical (unpaired) electrons. The Morgan fingerprint density at radius 1 is 0.909 bits per heavy atom. The van der Waals surface area contributed by atoms with E-state index in [-0.39, 0.29) is 6.61 Å². The monoisotopic (exact) mass is 295 g/mol. The maximum Gasteiger partial charge on any atom is 0.127 e. The molecule has 2 rings (SSSR count). The van der Waals surface area contributed by atoms with Crippen molar-refractivity contribution in [1.82, 2.24) is 0 Å². The summed E-state index contributed by atoms with van der Waals surface area (Å²) < 4.78 is 5.90. The van der Waals surface area contributed by atoms with E-state index < -0.39 is 0 Å². The van der Waals surface area contributed by atoms with Gasteiger partial charge in [-0.3, -0.25) is 0 Å². The predicted octanol–water partition coefficient (Wildman–Crippen LogP) is 4.16. The number of nitrogens with zero attached hydrogens (tertiary/aromatic N) is 1. The quantitative estimate of drug-likeness (QED) is 0.744. The van der Waals surface area contributed by atoms with E-state index >= 15 is 0 Å². The third-order valence-corrected chi connectivity index (χ3v) is 3.52. The molecule has 0 spiro atoms. The molecule has 2 aromatic rings. The molecule has 0 heterocycles. The second-order valence-electron chi connectivity index (χ2n) is 5.17. The fraction of sp³-hybridized carbons (Fsp3) is 0.316. The summed E-state index contributed by atoms with van der Waals surface area (Å²) >= 11 is 0. The molecule has 114 valence electrons. The number of nitriles is 1. The van der Waals surface area contributed by atoms with Crippen LogP contribution in [0.4, 0.5) is 0 Å². The lowest BCUT2D eigenvalue weighted by atomic mass is 10.0. The summed E-state index contributed by atoms with van der Waals surface area (Å²) in [6.07, 6.45) is 3.96. The van der Waals surface area contributed by atoms with Crippen molar-refractivity contribution < 1.29 is 9.84 Å². The van der Waals surface area contributed by atoms with Gasteiger partial charge in [-0.25, -0.2) is 0 Å². The number of rotatable bonds is 8. The van der Waals surface area contributed by atoms with E-state index in [1.54, 1.807) is 0 Å². The maximum absolute atomic E-state index is 8.87. The first-order valence-electron chi connectivity index (χ1n) is 7.68. The normalized spacial score (nSPS) is 10.2. The fourth-order valence-corrected chi connectivity index (χ4v) is 2.30. The van der Waals surface area contributed by atoms with E-state index in [0.717, 1.165) is 42.6 Å². The van der Waals surface area contributed by atoms with Crippen LogP contribution in [0, 0.1) is 11.3 Å². The second kappa shape index (κ2) is 8.86. The zero-order valence-electron chi connectivity index (χ0n) is 12.7. The van der Waals surface area contributed by atoms with Crippen molar-refractivity contribution in [2.75, 3.05) is 13.2 Å². The van der Waals surface area contributed by atoms with E-state index in [1.165, 1.54) is 0 Å². The van der Waals surface area contributed by atoms with Gasteiger partial charge in [0.15, 0.2) is 0 Å². The summed E-state index contributed by atoms with van der Waals surface area (Å²) in [5.41, 5.74) is 2.75. The van der Waals surface area contributed by atoms with Crippen molar-refractivity contribution in [3.63, 3.8) is 0 Å². The van der Waals surface area contributed by atoms with Gasteiger partial charge in [-0.05, 0) is 43.0 Å². The van der Waals surface area contributed by atoms with Gasteiger partial charge >= 0.3 is 0 Å². The number of aliphatic hydroxyl groups is 1. The average Bonchev–Trinajstić information content (AvgIpc) is 2.58. The standard InChI is InChI=1S/C19H21NO2/c20-15-16-9-11-17(12-10-16)18-7-3-4-8-19(18)22-14-6-2-1-5-13-21/h3-4,7-12,21H,1-2,5-6,13-14H2. The molecule has 0 aliphatic heterocycles. The van der Waals surface area contributed by atoms with Gasteiger partial charge in [-0.1, -0.05) is 36.8 Å². The van der Waals surface area contributed by atoms with Crippen LogP contribution in [0.25, 0.3) is 11.1 Å². The number of aliphatic hydroxyl groups excluding tert-OH is 1. The maximum atomic E-state index is 8.87. The van der Waals surface area contributed by atoms with Crippen LogP contribution in [0.3, 0.4) is 0 Å². The van der Waals surface area contributed by atoms with Crippen molar-refractivity contribution in [3.05, 3.63) is 54.1 Å². The zero-order chi connectivity index (χ0) is 15.6. The molecule has 1 N–H and O–H groups in total. The molecular formula is C19H21NO2. The molecule has 22 heavy (non-hydrogen) atoms. The summed E-state index contributed by atoms with van der Waals surface area (Å²) in [6.45, 7) is 0.946. The Hall–Kier alpha value is -2.31. The largest absolute Gasteiger partial charge is 0.493 e. The number of benzene rings is 2. The Morgan fingerprint density at radius 3 is 2.36 bits per heavy atom. The highest BCUT2D eigenvalue weighted by Gasteiger charge is 2.05. The molecule has 0 bridgehead atoms. The summed E-state index contributed by atoms with van der Waals surface area (Å²) in [5.74, 6) is 0.870. The molecule has 0 saturated carbocycles. The minimum Gasteiger partial charge on any atom is -0.493 e. The number of hydrogen-bond donors (Lipinski definition) is 1. The smallest absolute Gasteiger partial charge is 0.127 e. The summed E-state index contributed by atoms with van der Waals surface area (Å²) in [7, 11) is 0. The summed E-state index contributed by atoms with van der Waals surface area (Å²) in [6, 6.07) is 17.6. The molecule has 0 aromatic heterocycles. The van der Waals surface area contributed by atoms with E-state index in [2.05, 4.69) is 6.07 Å². The van der Waals surface area contributed by atoms with Crippen molar-refractivity contribution >= 4 is 0 Å². The third kappa shape index (κ3) is 4.61. The molecule has 3 nitrogen and oxygen atoms in total. The highest BCUT2D eigenvalue weighted by Crippen LogP contribution is 2.30. The molecule has 0 unspecified atom stereocenters. The van der Waals surface area contributed by atoms with E-state index in [0.29, 0.717) is 12.2 Å². The van der Waals surface area contributed by atoms with Gasteiger partial charge in [0.05, 0.1) is 18.2 Å². The molecule has 0 fully saturated rings. The van der Waals surface area contributed by atoms with Gasteiger partial charge in [0.1, 0.15) is 5.75 Å². The first-order chi connectivity index (χ1) is 10.8. The molecule has 0 saturated heterocycles.